The maximum atomic E-state index is 12.3. The first-order valence-corrected chi connectivity index (χ1v) is 7.34. The fourth-order valence-electron chi connectivity index (χ4n) is 2.29. The maximum absolute atomic E-state index is 12.3. The molecule has 1 aromatic heterocycles. The number of nitrogens with zero attached hydrogens (tertiary/aromatic N) is 3. The smallest absolute Gasteiger partial charge is 0.231 e. The molecule has 4 nitrogen and oxygen atoms in total. The van der Waals surface area contributed by atoms with Crippen LogP contribution >= 0.6 is 0 Å². The second kappa shape index (κ2) is 6.97. The number of amides is 1. The van der Waals surface area contributed by atoms with Gasteiger partial charge in [0.15, 0.2) is 5.82 Å². The molecule has 1 aromatic carbocycles. The Bertz CT molecular complexity index is 577. The van der Waals surface area contributed by atoms with Gasteiger partial charge in [-0.2, -0.15) is 0 Å². The largest absolute Gasteiger partial charge is 0.298 e. The summed E-state index contributed by atoms with van der Waals surface area (Å²) in [4.78, 5) is 13.9. The Kier molecular flexibility index (Phi) is 5.04. The number of benzene rings is 1. The van der Waals surface area contributed by atoms with E-state index in [4.69, 9.17) is 0 Å². The molecular weight excluding hydrogens is 262 g/mol. The van der Waals surface area contributed by atoms with Gasteiger partial charge in [-0.15, -0.1) is 10.2 Å². The minimum atomic E-state index is 0.0469. The number of anilines is 1. The van der Waals surface area contributed by atoms with Crippen molar-refractivity contribution in [3.05, 3.63) is 42.5 Å². The molecule has 2 rings (SSSR count). The molecule has 0 saturated heterocycles. The van der Waals surface area contributed by atoms with Crippen molar-refractivity contribution in [3.8, 4) is 11.3 Å². The van der Waals surface area contributed by atoms with Gasteiger partial charge in [0.1, 0.15) is 0 Å². The molecule has 0 radical (unpaired) electrons. The number of hydrogen-bond donors (Lipinski definition) is 0. The van der Waals surface area contributed by atoms with E-state index in [1.165, 1.54) is 0 Å². The molecule has 0 aliphatic heterocycles. The van der Waals surface area contributed by atoms with Gasteiger partial charge >= 0.3 is 0 Å². The van der Waals surface area contributed by atoms with Gasteiger partial charge in [0.2, 0.25) is 5.91 Å². The summed E-state index contributed by atoms with van der Waals surface area (Å²) >= 11 is 0. The van der Waals surface area contributed by atoms with E-state index in [9.17, 15) is 4.79 Å². The van der Waals surface area contributed by atoms with Gasteiger partial charge in [-0.1, -0.05) is 44.2 Å². The SMILES string of the molecule is CCC(CC)C(=O)N(C)c1ccc(-c2ccccc2)nn1. The van der Waals surface area contributed by atoms with Gasteiger partial charge in [0, 0.05) is 18.5 Å². The first-order chi connectivity index (χ1) is 10.2. The lowest BCUT2D eigenvalue weighted by molar-refractivity contribution is -0.122. The predicted molar refractivity (Wildman–Crippen MR) is 85.0 cm³/mol. The lowest BCUT2D eigenvalue weighted by Crippen LogP contribution is -2.33. The van der Waals surface area contributed by atoms with Crippen molar-refractivity contribution in [1.82, 2.24) is 10.2 Å². The van der Waals surface area contributed by atoms with Gasteiger partial charge < -0.3 is 0 Å². The second-order valence-electron chi connectivity index (χ2n) is 5.05. The van der Waals surface area contributed by atoms with Gasteiger partial charge in [0.05, 0.1) is 5.69 Å². The molecule has 0 saturated carbocycles. The van der Waals surface area contributed by atoms with E-state index >= 15 is 0 Å². The number of carbonyl (C=O) groups excluding carboxylic acids is 1. The third kappa shape index (κ3) is 3.45. The fourth-order valence-corrected chi connectivity index (χ4v) is 2.29. The van der Waals surface area contributed by atoms with E-state index in [2.05, 4.69) is 10.2 Å². The maximum Gasteiger partial charge on any atom is 0.231 e. The van der Waals surface area contributed by atoms with Crippen LogP contribution in [0.4, 0.5) is 5.82 Å². The van der Waals surface area contributed by atoms with E-state index < -0.39 is 0 Å². The molecule has 4 heteroatoms. The second-order valence-corrected chi connectivity index (χ2v) is 5.05. The molecule has 0 aliphatic rings. The highest BCUT2D eigenvalue weighted by Gasteiger charge is 2.20. The number of rotatable bonds is 5. The summed E-state index contributed by atoms with van der Waals surface area (Å²) in [7, 11) is 1.76. The molecule has 1 heterocycles. The van der Waals surface area contributed by atoms with Crippen LogP contribution in [0.2, 0.25) is 0 Å². The number of hydrogen-bond acceptors (Lipinski definition) is 3. The normalized spacial score (nSPS) is 10.7. The minimum Gasteiger partial charge on any atom is -0.298 e. The topological polar surface area (TPSA) is 46.1 Å². The Morgan fingerprint density at radius 3 is 2.24 bits per heavy atom. The van der Waals surface area contributed by atoms with Gasteiger partial charge in [-0.05, 0) is 25.0 Å². The van der Waals surface area contributed by atoms with Gasteiger partial charge in [0.25, 0.3) is 0 Å². The van der Waals surface area contributed by atoms with Crippen LogP contribution < -0.4 is 4.90 Å². The molecule has 0 spiro atoms. The molecule has 110 valence electrons. The Balaban J connectivity index is 2.17. The van der Waals surface area contributed by atoms with E-state index in [0.29, 0.717) is 5.82 Å². The Morgan fingerprint density at radius 1 is 1.05 bits per heavy atom. The Labute approximate surface area is 125 Å². The molecule has 2 aromatic rings. The van der Waals surface area contributed by atoms with Gasteiger partial charge in [-0.3, -0.25) is 9.69 Å². The first kappa shape index (κ1) is 15.2. The molecule has 0 unspecified atom stereocenters. The average molecular weight is 283 g/mol. The quantitative estimate of drug-likeness (QED) is 0.843. The van der Waals surface area contributed by atoms with Crippen LogP contribution in [0.1, 0.15) is 26.7 Å². The highest BCUT2D eigenvalue weighted by molar-refractivity contribution is 5.93. The number of aromatic nitrogens is 2. The molecule has 0 atom stereocenters. The standard InChI is InChI=1S/C17H21N3O/c1-4-13(5-2)17(21)20(3)16-12-11-15(18-19-16)14-9-7-6-8-10-14/h6-13H,4-5H2,1-3H3. The Hall–Kier alpha value is -2.23. The third-order valence-corrected chi connectivity index (χ3v) is 3.73. The molecule has 0 fully saturated rings. The molecule has 0 aliphatic carbocycles. The minimum absolute atomic E-state index is 0.0469. The summed E-state index contributed by atoms with van der Waals surface area (Å²) in [6.45, 7) is 4.06. The van der Waals surface area contributed by atoms with Gasteiger partial charge in [-0.25, -0.2) is 0 Å². The lowest BCUT2D eigenvalue weighted by atomic mass is 10.0. The Morgan fingerprint density at radius 2 is 1.71 bits per heavy atom. The molecule has 0 bridgehead atoms. The molecule has 1 amide bonds. The van der Waals surface area contributed by atoms with Crippen LogP contribution in [0.15, 0.2) is 42.5 Å². The summed E-state index contributed by atoms with van der Waals surface area (Å²) < 4.78 is 0. The van der Waals surface area contributed by atoms with Crippen LogP contribution in [-0.2, 0) is 4.79 Å². The van der Waals surface area contributed by atoms with Crippen LogP contribution in [0.5, 0.6) is 0 Å². The van der Waals surface area contributed by atoms with Crippen molar-refractivity contribution < 1.29 is 4.79 Å². The van der Waals surface area contributed by atoms with Crippen LogP contribution in [-0.4, -0.2) is 23.2 Å². The van der Waals surface area contributed by atoms with Crippen molar-refractivity contribution in [3.63, 3.8) is 0 Å². The third-order valence-electron chi connectivity index (χ3n) is 3.73. The van der Waals surface area contributed by atoms with Crippen molar-refractivity contribution >= 4 is 11.7 Å². The molecule has 0 N–H and O–H groups in total. The molecule has 21 heavy (non-hydrogen) atoms. The van der Waals surface area contributed by atoms with Crippen molar-refractivity contribution in [2.45, 2.75) is 26.7 Å². The summed E-state index contributed by atoms with van der Waals surface area (Å²) in [6.07, 6.45) is 1.68. The van der Waals surface area contributed by atoms with Crippen LogP contribution in [0.25, 0.3) is 11.3 Å². The summed E-state index contributed by atoms with van der Waals surface area (Å²) in [5.74, 6) is 0.735. The fraction of sp³-hybridized carbons (Fsp3) is 0.353. The van der Waals surface area contributed by atoms with E-state index in [0.717, 1.165) is 24.1 Å². The summed E-state index contributed by atoms with van der Waals surface area (Å²) in [5, 5.41) is 8.40. The van der Waals surface area contributed by atoms with Crippen molar-refractivity contribution in [2.75, 3.05) is 11.9 Å². The highest BCUT2D eigenvalue weighted by Crippen LogP contribution is 2.19. The van der Waals surface area contributed by atoms with Crippen molar-refractivity contribution in [2.24, 2.45) is 5.92 Å². The number of carbonyl (C=O) groups is 1. The zero-order valence-electron chi connectivity index (χ0n) is 12.8. The average Bonchev–Trinajstić information content (AvgIpc) is 2.56. The monoisotopic (exact) mass is 283 g/mol. The lowest BCUT2D eigenvalue weighted by Gasteiger charge is -2.21. The predicted octanol–water partition coefficient (Wildman–Crippen LogP) is 3.54. The molecular formula is C17H21N3O. The van der Waals surface area contributed by atoms with Crippen LogP contribution in [0.3, 0.4) is 0 Å². The van der Waals surface area contributed by atoms with Crippen molar-refractivity contribution in [1.29, 1.82) is 0 Å². The van der Waals surface area contributed by atoms with E-state index in [1.54, 1.807) is 11.9 Å². The van der Waals surface area contributed by atoms with E-state index in [1.807, 2.05) is 56.3 Å². The van der Waals surface area contributed by atoms with Crippen LogP contribution in [0, 0.1) is 5.92 Å². The summed E-state index contributed by atoms with van der Waals surface area (Å²) in [5.41, 5.74) is 1.83. The first-order valence-electron chi connectivity index (χ1n) is 7.34. The highest BCUT2D eigenvalue weighted by atomic mass is 16.2. The zero-order chi connectivity index (χ0) is 15.2. The summed E-state index contributed by atoms with van der Waals surface area (Å²) in [6, 6.07) is 13.6. The zero-order valence-corrected chi connectivity index (χ0v) is 12.8. The van der Waals surface area contributed by atoms with E-state index in [-0.39, 0.29) is 11.8 Å².